The fraction of sp³-hybridized carbons (Fsp3) is 0.150. The molecule has 132 valence electrons. The summed E-state index contributed by atoms with van der Waals surface area (Å²) in [6.45, 7) is 2.77. The minimum atomic E-state index is -0.242. The lowest BCUT2D eigenvalue weighted by molar-refractivity contribution is 0.317. The number of H-pyrrole nitrogens is 1. The molecule has 0 atom stereocenters. The third-order valence-electron chi connectivity index (χ3n) is 3.55. The molecule has 1 heterocycles. The van der Waals surface area contributed by atoms with Gasteiger partial charge >= 0.3 is 0 Å². The van der Waals surface area contributed by atoms with Crippen molar-refractivity contribution in [1.82, 2.24) is 9.97 Å². The lowest BCUT2D eigenvalue weighted by Crippen LogP contribution is -2.10. The Balaban J connectivity index is 1.68. The summed E-state index contributed by atoms with van der Waals surface area (Å²) in [6.07, 6.45) is 2.62. The molecule has 0 fully saturated rings. The van der Waals surface area contributed by atoms with E-state index in [1.807, 2.05) is 54.6 Å². The molecule has 0 amide bonds. The molecule has 0 aliphatic rings. The molecule has 0 saturated heterocycles. The first kappa shape index (κ1) is 17.4. The lowest BCUT2D eigenvalue weighted by Gasteiger charge is -2.04. The number of ether oxygens (including phenoxy) is 1. The Morgan fingerprint density at radius 1 is 1.15 bits per heavy atom. The van der Waals surface area contributed by atoms with Gasteiger partial charge in [-0.1, -0.05) is 37.3 Å². The Kier molecular flexibility index (Phi) is 5.77. The van der Waals surface area contributed by atoms with Gasteiger partial charge in [-0.3, -0.25) is 9.78 Å². The number of anilines is 1. The molecule has 0 spiro atoms. The van der Waals surface area contributed by atoms with Crippen LogP contribution in [0.4, 0.5) is 5.95 Å². The number of aromatic amines is 1. The summed E-state index contributed by atoms with van der Waals surface area (Å²) in [5, 5.41) is 4.13. The van der Waals surface area contributed by atoms with Gasteiger partial charge in [0.1, 0.15) is 5.75 Å². The van der Waals surface area contributed by atoms with Crippen LogP contribution in [-0.2, 0) is 0 Å². The van der Waals surface area contributed by atoms with E-state index in [0.29, 0.717) is 12.3 Å². The van der Waals surface area contributed by atoms with Crippen LogP contribution < -0.4 is 15.7 Å². The fourth-order valence-electron chi connectivity index (χ4n) is 2.31. The van der Waals surface area contributed by atoms with E-state index >= 15 is 0 Å². The first-order valence-electron chi connectivity index (χ1n) is 8.43. The molecule has 0 radical (unpaired) electrons. The Hall–Kier alpha value is -3.41. The first-order valence-corrected chi connectivity index (χ1v) is 8.43. The van der Waals surface area contributed by atoms with Gasteiger partial charge in [-0.05, 0) is 36.2 Å². The number of rotatable bonds is 7. The van der Waals surface area contributed by atoms with Crippen LogP contribution in [0.15, 0.2) is 70.6 Å². The summed E-state index contributed by atoms with van der Waals surface area (Å²) >= 11 is 0. The molecule has 0 bridgehead atoms. The van der Waals surface area contributed by atoms with Crippen LogP contribution in [-0.4, -0.2) is 22.8 Å². The highest BCUT2D eigenvalue weighted by molar-refractivity contribution is 5.80. The quantitative estimate of drug-likeness (QED) is 0.504. The Labute approximate surface area is 151 Å². The van der Waals surface area contributed by atoms with Gasteiger partial charge in [-0.15, -0.1) is 0 Å². The second kappa shape index (κ2) is 8.62. The molecule has 0 aliphatic carbocycles. The van der Waals surface area contributed by atoms with Crippen LogP contribution in [0.25, 0.3) is 11.3 Å². The molecule has 3 aromatic rings. The van der Waals surface area contributed by atoms with Crippen LogP contribution in [0.3, 0.4) is 0 Å². The van der Waals surface area contributed by atoms with Crippen LogP contribution in [0, 0.1) is 0 Å². The molecule has 1 aromatic heterocycles. The third-order valence-corrected chi connectivity index (χ3v) is 3.55. The molecular weight excluding hydrogens is 328 g/mol. The van der Waals surface area contributed by atoms with E-state index in [2.05, 4.69) is 27.4 Å². The maximum Gasteiger partial charge on any atom is 0.252 e. The molecule has 3 rings (SSSR count). The average Bonchev–Trinajstić information content (AvgIpc) is 2.68. The van der Waals surface area contributed by atoms with Crippen LogP contribution in [0.5, 0.6) is 5.75 Å². The molecular formula is C20H20N4O2. The maximum atomic E-state index is 11.8. The van der Waals surface area contributed by atoms with E-state index in [-0.39, 0.29) is 11.5 Å². The number of hydrogen-bond acceptors (Lipinski definition) is 5. The summed E-state index contributed by atoms with van der Waals surface area (Å²) < 4.78 is 5.54. The summed E-state index contributed by atoms with van der Waals surface area (Å²) in [6, 6.07) is 18.6. The predicted octanol–water partition coefficient (Wildman–Crippen LogP) is 3.67. The van der Waals surface area contributed by atoms with Gasteiger partial charge in [-0.2, -0.15) is 5.10 Å². The van der Waals surface area contributed by atoms with Crippen molar-refractivity contribution in [3.05, 3.63) is 76.6 Å². The van der Waals surface area contributed by atoms with E-state index in [9.17, 15) is 4.79 Å². The number of nitrogens with one attached hydrogen (secondary N) is 2. The SMILES string of the molecule is CCCOc1ccc(/C=N\Nc2nc(-c3ccccc3)cc(=O)[nH]2)cc1. The van der Waals surface area contributed by atoms with E-state index in [1.165, 1.54) is 6.07 Å². The Morgan fingerprint density at radius 2 is 1.92 bits per heavy atom. The number of nitrogens with zero attached hydrogens (tertiary/aromatic N) is 2. The highest BCUT2D eigenvalue weighted by Gasteiger charge is 2.02. The largest absolute Gasteiger partial charge is 0.494 e. The molecule has 26 heavy (non-hydrogen) atoms. The Morgan fingerprint density at radius 3 is 2.65 bits per heavy atom. The summed E-state index contributed by atoms with van der Waals surface area (Å²) in [4.78, 5) is 18.8. The molecule has 6 nitrogen and oxygen atoms in total. The number of aromatic nitrogens is 2. The van der Waals surface area contributed by atoms with Crippen molar-refractivity contribution in [3.63, 3.8) is 0 Å². The maximum absolute atomic E-state index is 11.8. The monoisotopic (exact) mass is 348 g/mol. The summed E-state index contributed by atoms with van der Waals surface area (Å²) in [7, 11) is 0. The fourth-order valence-corrected chi connectivity index (χ4v) is 2.31. The van der Waals surface area contributed by atoms with Crippen molar-refractivity contribution in [3.8, 4) is 17.0 Å². The van der Waals surface area contributed by atoms with E-state index in [4.69, 9.17) is 4.74 Å². The van der Waals surface area contributed by atoms with Gasteiger partial charge in [0.2, 0.25) is 5.95 Å². The van der Waals surface area contributed by atoms with Crippen molar-refractivity contribution < 1.29 is 4.74 Å². The van der Waals surface area contributed by atoms with Crippen molar-refractivity contribution in [2.24, 2.45) is 5.10 Å². The molecule has 2 aromatic carbocycles. The van der Waals surface area contributed by atoms with E-state index in [1.54, 1.807) is 6.21 Å². The van der Waals surface area contributed by atoms with Crippen molar-refractivity contribution in [1.29, 1.82) is 0 Å². The molecule has 0 saturated carbocycles. The molecule has 0 aliphatic heterocycles. The minimum Gasteiger partial charge on any atom is -0.494 e. The second-order valence-corrected chi connectivity index (χ2v) is 5.63. The van der Waals surface area contributed by atoms with Gasteiger partial charge < -0.3 is 4.74 Å². The normalized spacial score (nSPS) is 10.8. The predicted molar refractivity (Wildman–Crippen MR) is 104 cm³/mol. The smallest absolute Gasteiger partial charge is 0.252 e. The highest BCUT2D eigenvalue weighted by atomic mass is 16.5. The van der Waals surface area contributed by atoms with Gasteiger partial charge in [-0.25, -0.2) is 10.4 Å². The van der Waals surface area contributed by atoms with Crippen molar-refractivity contribution >= 4 is 12.2 Å². The van der Waals surface area contributed by atoms with E-state index in [0.717, 1.165) is 23.3 Å². The number of hydrogen-bond donors (Lipinski definition) is 2. The number of benzene rings is 2. The zero-order valence-corrected chi connectivity index (χ0v) is 14.5. The van der Waals surface area contributed by atoms with Crippen LogP contribution in [0.2, 0.25) is 0 Å². The van der Waals surface area contributed by atoms with Gasteiger partial charge in [0.05, 0.1) is 18.5 Å². The number of hydrazone groups is 1. The standard InChI is InChI=1S/C20H20N4O2/c1-2-12-26-17-10-8-15(9-11-17)14-21-24-20-22-18(13-19(25)23-20)16-6-4-3-5-7-16/h3-11,13-14H,2,12H2,1H3,(H2,22,23,24,25)/b21-14-. The average molecular weight is 348 g/mol. The van der Waals surface area contributed by atoms with Gasteiger partial charge in [0.15, 0.2) is 0 Å². The van der Waals surface area contributed by atoms with Crippen LogP contribution in [0.1, 0.15) is 18.9 Å². The minimum absolute atomic E-state index is 0.242. The van der Waals surface area contributed by atoms with Crippen LogP contribution >= 0.6 is 0 Å². The van der Waals surface area contributed by atoms with Gasteiger partial charge in [0.25, 0.3) is 5.56 Å². The Bertz CT molecular complexity index is 919. The second-order valence-electron chi connectivity index (χ2n) is 5.63. The molecule has 2 N–H and O–H groups in total. The lowest BCUT2D eigenvalue weighted by atomic mass is 10.1. The highest BCUT2D eigenvalue weighted by Crippen LogP contribution is 2.15. The third kappa shape index (κ3) is 4.80. The van der Waals surface area contributed by atoms with Crippen molar-refractivity contribution in [2.45, 2.75) is 13.3 Å². The zero-order valence-electron chi connectivity index (χ0n) is 14.5. The molecule has 0 unspecified atom stereocenters. The first-order chi connectivity index (χ1) is 12.7. The topological polar surface area (TPSA) is 79.4 Å². The zero-order chi connectivity index (χ0) is 18.2. The summed E-state index contributed by atoms with van der Waals surface area (Å²) in [5.74, 6) is 1.12. The molecule has 6 heteroatoms. The van der Waals surface area contributed by atoms with Crippen molar-refractivity contribution in [2.75, 3.05) is 12.0 Å². The van der Waals surface area contributed by atoms with Gasteiger partial charge in [0, 0.05) is 11.6 Å². The summed E-state index contributed by atoms with van der Waals surface area (Å²) in [5.41, 5.74) is 4.88. The van der Waals surface area contributed by atoms with E-state index < -0.39 is 0 Å².